The number of hydrogen-bond donors (Lipinski definition) is 2. The van der Waals surface area contributed by atoms with Gasteiger partial charge in [-0.05, 0) is 44.1 Å². The van der Waals surface area contributed by atoms with Crippen molar-refractivity contribution < 1.29 is 19.2 Å². The molecule has 0 radical (unpaired) electrons. The van der Waals surface area contributed by atoms with Gasteiger partial charge >= 0.3 is 0 Å². The molecule has 4 rings (SSSR count). The van der Waals surface area contributed by atoms with Gasteiger partial charge in [0.2, 0.25) is 23.3 Å². The van der Waals surface area contributed by atoms with Crippen molar-refractivity contribution in [3.63, 3.8) is 0 Å². The topological polar surface area (TPSA) is 120 Å². The highest BCUT2D eigenvalue weighted by molar-refractivity contribution is 6.04. The van der Waals surface area contributed by atoms with Crippen molar-refractivity contribution in [2.75, 3.05) is 19.6 Å². The molecule has 9 heteroatoms. The summed E-state index contributed by atoms with van der Waals surface area (Å²) >= 11 is 0. The van der Waals surface area contributed by atoms with Gasteiger partial charge in [0.25, 0.3) is 5.91 Å². The molecular formula is C23H30N4O5. The molecule has 2 saturated heterocycles. The first-order valence-corrected chi connectivity index (χ1v) is 11.4. The highest BCUT2D eigenvalue weighted by atomic mass is 16.2. The predicted octanol–water partition coefficient (Wildman–Crippen LogP) is 1.11. The third-order valence-electron chi connectivity index (χ3n) is 7.22. The first-order chi connectivity index (χ1) is 15.3. The van der Waals surface area contributed by atoms with Crippen LogP contribution >= 0.6 is 0 Å². The van der Waals surface area contributed by atoms with Crippen LogP contribution in [-0.4, -0.2) is 64.1 Å². The minimum Gasteiger partial charge on any atom is -0.351 e. The van der Waals surface area contributed by atoms with Crippen LogP contribution in [0.3, 0.4) is 0 Å². The number of nitrogens with one attached hydrogen (secondary N) is 2. The monoisotopic (exact) mass is 442 g/mol. The summed E-state index contributed by atoms with van der Waals surface area (Å²) in [7, 11) is 0. The van der Waals surface area contributed by atoms with Crippen LogP contribution in [0, 0.1) is 12.3 Å². The molecule has 1 aromatic heterocycles. The van der Waals surface area contributed by atoms with E-state index in [4.69, 9.17) is 0 Å². The van der Waals surface area contributed by atoms with E-state index in [0.717, 1.165) is 43.4 Å². The molecule has 3 heterocycles. The quantitative estimate of drug-likeness (QED) is 0.677. The summed E-state index contributed by atoms with van der Waals surface area (Å²) in [5.41, 5.74) is 0.676. The Morgan fingerprint density at radius 3 is 2.41 bits per heavy atom. The highest BCUT2D eigenvalue weighted by Crippen LogP contribution is 2.45. The average Bonchev–Trinajstić information content (AvgIpc) is 3.07. The predicted molar refractivity (Wildman–Crippen MR) is 116 cm³/mol. The Morgan fingerprint density at radius 2 is 1.75 bits per heavy atom. The fraction of sp³-hybridized carbons (Fsp3) is 0.609. The molecule has 0 aromatic carbocycles. The van der Waals surface area contributed by atoms with E-state index in [1.54, 1.807) is 17.9 Å². The molecule has 0 bridgehead atoms. The number of nitrogens with zero attached hydrogens (tertiary/aromatic N) is 2. The number of imide groups is 1. The zero-order chi connectivity index (χ0) is 22.9. The lowest BCUT2D eigenvalue weighted by Gasteiger charge is -2.49. The van der Waals surface area contributed by atoms with E-state index in [2.05, 4.69) is 10.3 Å². The van der Waals surface area contributed by atoms with Crippen molar-refractivity contribution in [3.05, 3.63) is 33.7 Å². The maximum absolute atomic E-state index is 12.9. The maximum atomic E-state index is 12.9. The van der Waals surface area contributed by atoms with Crippen molar-refractivity contribution in [1.29, 1.82) is 0 Å². The van der Waals surface area contributed by atoms with Gasteiger partial charge in [0.1, 0.15) is 6.54 Å². The Morgan fingerprint density at radius 1 is 1.06 bits per heavy atom. The van der Waals surface area contributed by atoms with E-state index in [9.17, 15) is 24.0 Å². The van der Waals surface area contributed by atoms with Crippen molar-refractivity contribution in [2.24, 2.45) is 5.41 Å². The number of H-pyrrole nitrogens is 1. The van der Waals surface area contributed by atoms with Crippen LogP contribution in [0.25, 0.3) is 0 Å². The summed E-state index contributed by atoms with van der Waals surface area (Å²) in [6, 6.07) is 3.00. The number of rotatable bonds is 4. The standard InChI is InChI=1S/C23H30N4O5/c1-15-12-16(13-18(28)24-15)22(32)26-10-8-23(9-11-26)7-3-2-4-17(23)25-19(29)14-27-20(30)5-6-21(27)31/h12-13,17H,2-11,14H2,1H3,(H,24,28)(H,25,29). The van der Waals surface area contributed by atoms with Crippen LogP contribution in [0.2, 0.25) is 0 Å². The van der Waals surface area contributed by atoms with Crippen LogP contribution in [0.4, 0.5) is 0 Å². The molecule has 1 atom stereocenters. The van der Waals surface area contributed by atoms with E-state index < -0.39 is 0 Å². The average molecular weight is 443 g/mol. The van der Waals surface area contributed by atoms with Gasteiger partial charge in [-0.3, -0.25) is 28.9 Å². The third-order valence-corrected chi connectivity index (χ3v) is 7.22. The number of amides is 4. The van der Waals surface area contributed by atoms with E-state index in [0.29, 0.717) is 24.3 Å². The number of hydrogen-bond acceptors (Lipinski definition) is 5. The van der Waals surface area contributed by atoms with Gasteiger partial charge < -0.3 is 15.2 Å². The number of carbonyl (C=O) groups is 4. The first-order valence-electron chi connectivity index (χ1n) is 11.4. The molecule has 2 N–H and O–H groups in total. The van der Waals surface area contributed by atoms with Gasteiger partial charge in [-0.2, -0.15) is 0 Å². The summed E-state index contributed by atoms with van der Waals surface area (Å²) in [5.74, 6) is -1.01. The van der Waals surface area contributed by atoms with Crippen LogP contribution in [0.15, 0.2) is 16.9 Å². The van der Waals surface area contributed by atoms with Crippen LogP contribution < -0.4 is 10.9 Å². The zero-order valence-electron chi connectivity index (χ0n) is 18.4. The molecule has 3 aliphatic rings. The number of aromatic amines is 1. The fourth-order valence-electron chi connectivity index (χ4n) is 5.46. The maximum Gasteiger partial charge on any atom is 0.254 e. The Hall–Kier alpha value is -2.97. The fourth-order valence-corrected chi connectivity index (χ4v) is 5.46. The molecule has 4 amide bonds. The van der Waals surface area contributed by atoms with Crippen molar-refractivity contribution >= 4 is 23.6 Å². The van der Waals surface area contributed by atoms with Crippen LogP contribution in [-0.2, 0) is 14.4 Å². The minimum absolute atomic E-state index is 0.0318. The second-order valence-electron chi connectivity index (χ2n) is 9.31. The lowest BCUT2D eigenvalue weighted by Crippen LogP contribution is -2.56. The molecule has 3 fully saturated rings. The molecule has 2 aliphatic heterocycles. The number of aromatic nitrogens is 1. The van der Waals surface area contributed by atoms with E-state index in [1.165, 1.54) is 6.07 Å². The third kappa shape index (κ3) is 4.47. The lowest BCUT2D eigenvalue weighted by molar-refractivity contribution is -0.142. The molecule has 1 aliphatic carbocycles. The SMILES string of the molecule is Cc1cc(C(=O)N2CCC3(CCCCC3NC(=O)CN3C(=O)CCC3=O)CC2)cc(=O)[nH]1. The number of likely N-dealkylation sites (tertiary alicyclic amines) is 2. The summed E-state index contributed by atoms with van der Waals surface area (Å²) in [6.07, 6.45) is 5.83. The van der Waals surface area contributed by atoms with Gasteiger partial charge in [0.15, 0.2) is 0 Å². The summed E-state index contributed by atoms with van der Waals surface area (Å²) in [6.45, 7) is 2.68. The normalized spacial score (nSPS) is 23.0. The second-order valence-corrected chi connectivity index (χ2v) is 9.31. The molecule has 172 valence electrons. The minimum atomic E-state index is -0.294. The largest absolute Gasteiger partial charge is 0.351 e. The molecule has 32 heavy (non-hydrogen) atoms. The van der Waals surface area contributed by atoms with Gasteiger partial charge in [-0.15, -0.1) is 0 Å². The highest BCUT2D eigenvalue weighted by Gasteiger charge is 2.44. The molecule has 9 nitrogen and oxygen atoms in total. The number of piperidine rings is 1. The Kier molecular flexibility index (Phi) is 6.17. The smallest absolute Gasteiger partial charge is 0.254 e. The number of carbonyl (C=O) groups excluding carboxylic acids is 4. The zero-order valence-corrected chi connectivity index (χ0v) is 18.4. The van der Waals surface area contributed by atoms with Gasteiger partial charge in [-0.25, -0.2) is 0 Å². The van der Waals surface area contributed by atoms with Gasteiger partial charge in [-0.1, -0.05) is 12.8 Å². The van der Waals surface area contributed by atoms with Gasteiger partial charge in [0, 0.05) is 49.3 Å². The molecule has 1 spiro atoms. The molecule has 1 unspecified atom stereocenters. The lowest BCUT2D eigenvalue weighted by atomic mass is 9.64. The van der Waals surface area contributed by atoms with Crippen molar-refractivity contribution in [2.45, 2.75) is 64.3 Å². The molecule has 1 saturated carbocycles. The molecular weight excluding hydrogens is 412 g/mol. The number of aryl methyl sites for hydroxylation is 1. The van der Waals surface area contributed by atoms with Gasteiger partial charge in [0.05, 0.1) is 0 Å². The summed E-state index contributed by atoms with van der Waals surface area (Å²) < 4.78 is 0. The number of pyridine rings is 1. The summed E-state index contributed by atoms with van der Waals surface area (Å²) in [4.78, 5) is 66.5. The van der Waals surface area contributed by atoms with Crippen LogP contribution in [0.5, 0.6) is 0 Å². The second kappa shape index (κ2) is 8.88. The Bertz CT molecular complexity index is 976. The van der Waals surface area contributed by atoms with E-state index in [-0.39, 0.29) is 60.0 Å². The Balaban J connectivity index is 1.40. The van der Waals surface area contributed by atoms with Crippen LogP contribution in [0.1, 0.15) is 67.4 Å². The van der Waals surface area contributed by atoms with Crippen molar-refractivity contribution in [1.82, 2.24) is 20.1 Å². The summed E-state index contributed by atoms with van der Waals surface area (Å²) in [5, 5.41) is 3.10. The van der Waals surface area contributed by atoms with Crippen molar-refractivity contribution in [3.8, 4) is 0 Å². The Labute approximate surface area is 186 Å². The molecule has 1 aromatic rings. The van der Waals surface area contributed by atoms with E-state index in [1.807, 2.05) is 0 Å². The van der Waals surface area contributed by atoms with E-state index >= 15 is 0 Å². The first kappa shape index (κ1) is 22.2.